The fourth-order valence-corrected chi connectivity index (χ4v) is 2.86. The summed E-state index contributed by atoms with van der Waals surface area (Å²) in [4.78, 5) is 14.7. The molecule has 1 heterocycles. The Morgan fingerprint density at radius 1 is 1.14 bits per heavy atom. The van der Waals surface area contributed by atoms with Crippen molar-refractivity contribution in [1.82, 2.24) is 10.2 Å². The first-order chi connectivity index (χ1) is 9.40. The molecule has 0 aromatic carbocycles. The van der Waals surface area contributed by atoms with Gasteiger partial charge in [0.2, 0.25) is 5.91 Å². The summed E-state index contributed by atoms with van der Waals surface area (Å²) in [5.74, 6) is 1.51. The van der Waals surface area contributed by atoms with Crippen molar-refractivity contribution in [2.24, 2.45) is 22.7 Å². The Kier molecular flexibility index (Phi) is 5.88. The van der Waals surface area contributed by atoms with Gasteiger partial charge in [0.25, 0.3) is 0 Å². The highest BCUT2D eigenvalue weighted by Gasteiger charge is 2.35. The van der Waals surface area contributed by atoms with Gasteiger partial charge in [0.1, 0.15) is 0 Å². The molecule has 1 aliphatic heterocycles. The standard InChI is InChI=1S/C18H36N2O/c1-13(2)14-9-15(19-12-17(3,4)5)11-20(10-14)16(21)18(6,7)8/h13-15,19H,9-12H2,1-8H3. The van der Waals surface area contributed by atoms with E-state index in [0.717, 1.165) is 19.6 Å². The lowest BCUT2D eigenvalue weighted by Gasteiger charge is -2.42. The highest BCUT2D eigenvalue weighted by Crippen LogP contribution is 2.28. The largest absolute Gasteiger partial charge is 0.340 e. The van der Waals surface area contributed by atoms with Gasteiger partial charge >= 0.3 is 0 Å². The Morgan fingerprint density at radius 2 is 1.71 bits per heavy atom. The van der Waals surface area contributed by atoms with Crippen LogP contribution in [-0.4, -0.2) is 36.5 Å². The predicted octanol–water partition coefficient (Wildman–Crippen LogP) is 3.54. The monoisotopic (exact) mass is 296 g/mol. The molecule has 0 radical (unpaired) electrons. The van der Waals surface area contributed by atoms with Gasteiger partial charge in [0.05, 0.1) is 0 Å². The number of hydrogen-bond donors (Lipinski definition) is 1. The number of carbonyl (C=O) groups is 1. The molecule has 0 aromatic rings. The second-order valence-corrected chi connectivity index (χ2v) is 9.34. The van der Waals surface area contributed by atoms with Gasteiger partial charge in [0.15, 0.2) is 0 Å². The molecule has 0 aromatic heterocycles. The van der Waals surface area contributed by atoms with Crippen LogP contribution >= 0.6 is 0 Å². The van der Waals surface area contributed by atoms with Crippen LogP contribution in [0.3, 0.4) is 0 Å². The van der Waals surface area contributed by atoms with Gasteiger partial charge in [-0.25, -0.2) is 0 Å². The average Bonchev–Trinajstić information content (AvgIpc) is 2.33. The summed E-state index contributed by atoms with van der Waals surface area (Å²) in [6.07, 6.45) is 1.18. The normalized spacial score (nSPS) is 24.5. The summed E-state index contributed by atoms with van der Waals surface area (Å²) >= 11 is 0. The third-order valence-electron chi connectivity index (χ3n) is 4.28. The van der Waals surface area contributed by atoms with E-state index in [9.17, 15) is 4.79 Å². The van der Waals surface area contributed by atoms with Crippen molar-refractivity contribution in [2.45, 2.75) is 67.9 Å². The van der Waals surface area contributed by atoms with E-state index in [1.807, 2.05) is 20.8 Å². The summed E-state index contributed by atoms with van der Waals surface area (Å²) in [6, 6.07) is 0.427. The fourth-order valence-electron chi connectivity index (χ4n) is 2.86. The number of nitrogens with one attached hydrogen (secondary N) is 1. The summed E-state index contributed by atoms with van der Waals surface area (Å²) in [6.45, 7) is 20.1. The average molecular weight is 296 g/mol. The molecule has 21 heavy (non-hydrogen) atoms. The number of nitrogens with zero attached hydrogens (tertiary/aromatic N) is 1. The highest BCUT2D eigenvalue weighted by atomic mass is 16.2. The van der Waals surface area contributed by atoms with Gasteiger partial charge in [0, 0.05) is 31.1 Å². The third-order valence-corrected chi connectivity index (χ3v) is 4.28. The number of piperidine rings is 1. The molecular formula is C18H36N2O. The third kappa shape index (κ3) is 5.98. The minimum atomic E-state index is -0.284. The van der Waals surface area contributed by atoms with Crippen LogP contribution in [0.1, 0.15) is 61.8 Å². The van der Waals surface area contributed by atoms with Crippen LogP contribution < -0.4 is 5.32 Å². The lowest BCUT2D eigenvalue weighted by Crippen LogP contribution is -2.55. The van der Waals surface area contributed by atoms with E-state index in [4.69, 9.17) is 0 Å². The minimum absolute atomic E-state index is 0.281. The summed E-state index contributed by atoms with van der Waals surface area (Å²) in [7, 11) is 0. The molecule has 0 spiro atoms. The lowest BCUT2D eigenvalue weighted by molar-refractivity contribution is -0.142. The highest BCUT2D eigenvalue weighted by molar-refractivity contribution is 5.81. The zero-order valence-corrected chi connectivity index (χ0v) is 15.4. The molecule has 1 fully saturated rings. The minimum Gasteiger partial charge on any atom is -0.340 e. The molecule has 1 amide bonds. The van der Waals surface area contributed by atoms with E-state index in [0.29, 0.717) is 17.9 Å². The zero-order chi connectivity index (χ0) is 16.4. The summed E-state index contributed by atoms with van der Waals surface area (Å²) in [5.41, 5.74) is -0.00289. The van der Waals surface area contributed by atoms with E-state index >= 15 is 0 Å². The number of likely N-dealkylation sites (tertiary alicyclic amines) is 1. The number of hydrogen-bond acceptors (Lipinski definition) is 2. The Morgan fingerprint density at radius 3 is 2.14 bits per heavy atom. The first kappa shape index (κ1) is 18.5. The summed E-state index contributed by atoms with van der Waals surface area (Å²) in [5, 5.41) is 3.69. The maximum absolute atomic E-state index is 12.6. The molecule has 1 N–H and O–H groups in total. The van der Waals surface area contributed by atoms with Crippen molar-refractivity contribution in [3.8, 4) is 0 Å². The van der Waals surface area contributed by atoms with Gasteiger partial charge in [-0.2, -0.15) is 0 Å². The van der Waals surface area contributed by atoms with E-state index < -0.39 is 0 Å². The molecule has 3 heteroatoms. The van der Waals surface area contributed by atoms with Crippen molar-refractivity contribution in [3.05, 3.63) is 0 Å². The predicted molar refractivity (Wildman–Crippen MR) is 90.2 cm³/mol. The van der Waals surface area contributed by atoms with E-state index in [2.05, 4.69) is 44.8 Å². The van der Waals surface area contributed by atoms with E-state index in [1.165, 1.54) is 6.42 Å². The van der Waals surface area contributed by atoms with Crippen LogP contribution in [0.4, 0.5) is 0 Å². The number of rotatable bonds is 3. The molecule has 2 atom stereocenters. The van der Waals surface area contributed by atoms with Gasteiger partial charge in [-0.3, -0.25) is 4.79 Å². The lowest BCUT2D eigenvalue weighted by atomic mass is 9.83. The molecule has 1 saturated heterocycles. The Bertz CT molecular complexity index is 349. The summed E-state index contributed by atoms with van der Waals surface area (Å²) < 4.78 is 0. The second-order valence-electron chi connectivity index (χ2n) is 9.34. The van der Waals surface area contributed by atoms with Crippen LogP contribution in [0.25, 0.3) is 0 Å². The van der Waals surface area contributed by atoms with Gasteiger partial charge in [-0.15, -0.1) is 0 Å². The van der Waals surface area contributed by atoms with Crippen LogP contribution in [0, 0.1) is 22.7 Å². The quantitative estimate of drug-likeness (QED) is 0.864. The first-order valence-electron chi connectivity index (χ1n) is 8.43. The fraction of sp³-hybridized carbons (Fsp3) is 0.944. The van der Waals surface area contributed by atoms with Crippen molar-refractivity contribution in [3.63, 3.8) is 0 Å². The van der Waals surface area contributed by atoms with E-state index in [1.54, 1.807) is 0 Å². The van der Waals surface area contributed by atoms with Crippen molar-refractivity contribution < 1.29 is 4.79 Å². The van der Waals surface area contributed by atoms with Gasteiger partial charge in [-0.05, 0) is 23.7 Å². The maximum atomic E-state index is 12.6. The van der Waals surface area contributed by atoms with Gasteiger partial charge in [-0.1, -0.05) is 55.4 Å². The van der Waals surface area contributed by atoms with Crippen molar-refractivity contribution in [2.75, 3.05) is 19.6 Å². The molecule has 1 rings (SSSR count). The van der Waals surface area contributed by atoms with Gasteiger partial charge < -0.3 is 10.2 Å². The molecule has 1 aliphatic rings. The van der Waals surface area contributed by atoms with Crippen molar-refractivity contribution in [1.29, 1.82) is 0 Å². The van der Waals surface area contributed by atoms with Crippen LogP contribution in [-0.2, 0) is 4.79 Å². The Hall–Kier alpha value is -0.570. The molecule has 0 saturated carbocycles. The van der Waals surface area contributed by atoms with E-state index in [-0.39, 0.29) is 16.7 Å². The molecule has 124 valence electrons. The van der Waals surface area contributed by atoms with Crippen molar-refractivity contribution >= 4 is 5.91 Å². The van der Waals surface area contributed by atoms with Crippen LogP contribution in [0.2, 0.25) is 0 Å². The maximum Gasteiger partial charge on any atom is 0.228 e. The Labute approximate surface area is 131 Å². The zero-order valence-electron chi connectivity index (χ0n) is 15.4. The van der Waals surface area contributed by atoms with Crippen LogP contribution in [0.5, 0.6) is 0 Å². The first-order valence-corrected chi connectivity index (χ1v) is 8.43. The second kappa shape index (κ2) is 6.68. The Balaban J connectivity index is 2.75. The SMILES string of the molecule is CC(C)C1CC(NCC(C)(C)C)CN(C(=O)C(C)(C)C)C1. The molecule has 0 aliphatic carbocycles. The van der Waals surface area contributed by atoms with Crippen LogP contribution in [0.15, 0.2) is 0 Å². The smallest absolute Gasteiger partial charge is 0.228 e. The molecule has 0 bridgehead atoms. The number of amides is 1. The molecular weight excluding hydrogens is 260 g/mol. The molecule has 2 unspecified atom stereocenters. The topological polar surface area (TPSA) is 32.3 Å². The number of carbonyl (C=O) groups excluding carboxylic acids is 1. The molecule has 3 nitrogen and oxygen atoms in total.